The fraction of sp³-hybridized carbons (Fsp3) is 0.875. The Kier molecular flexibility index (Phi) is 6.50. The Labute approximate surface area is 138 Å². The lowest BCUT2D eigenvalue weighted by Crippen LogP contribution is -2.56. The van der Waals surface area contributed by atoms with Gasteiger partial charge in [0.1, 0.15) is 0 Å². The van der Waals surface area contributed by atoms with Crippen LogP contribution in [0, 0.1) is 0 Å². The van der Waals surface area contributed by atoms with Crippen molar-refractivity contribution in [3.8, 4) is 0 Å². The minimum atomic E-state index is -0.193. The van der Waals surface area contributed by atoms with Crippen molar-refractivity contribution in [1.29, 1.82) is 0 Å². The summed E-state index contributed by atoms with van der Waals surface area (Å²) >= 11 is 0. The summed E-state index contributed by atoms with van der Waals surface area (Å²) in [6.07, 6.45) is 1.77. The minimum Gasteiger partial charge on any atom is -0.450 e. The lowest BCUT2D eigenvalue weighted by Gasteiger charge is -2.42. The van der Waals surface area contributed by atoms with Crippen molar-refractivity contribution in [3.63, 3.8) is 0 Å². The molecule has 0 spiro atoms. The van der Waals surface area contributed by atoms with Crippen LogP contribution in [0.5, 0.6) is 0 Å². The van der Waals surface area contributed by atoms with Crippen LogP contribution < -0.4 is 5.32 Å². The summed E-state index contributed by atoms with van der Waals surface area (Å²) in [5, 5.41) is 2.95. The normalized spacial score (nSPS) is 20.7. The van der Waals surface area contributed by atoms with Crippen molar-refractivity contribution in [2.45, 2.75) is 45.7 Å². The smallest absolute Gasteiger partial charge is 0.409 e. The Hall–Kier alpha value is -1.50. The second kappa shape index (κ2) is 8.38. The number of urea groups is 1. The molecule has 3 amide bonds. The molecule has 23 heavy (non-hydrogen) atoms. The topological polar surface area (TPSA) is 65.1 Å². The van der Waals surface area contributed by atoms with Crippen molar-refractivity contribution >= 4 is 12.1 Å². The standard InChI is InChI=1S/C16H30N4O3/c1-4-23-16(22)20-7-5-14(6-8-20)18-9-11-19(12-10-18)15(21)17-13(2)3/h13-14H,4-12H2,1-3H3,(H,17,21). The molecule has 2 heterocycles. The lowest BCUT2D eigenvalue weighted by atomic mass is 10.0. The zero-order valence-corrected chi connectivity index (χ0v) is 14.6. The highest BCUT2D eigenvalue weighted by Crippen LogP contribution is 2.19. The van der Waals surface area contributed by atoms with Gasteiger partial charge in [-0.25, -0.2) is 9.59 Å². The molecule has 2 rings (SSSR count). The Morgan fingerprint density at radius 1 is 1.04 bits per heavy atom. The maximum atomic E-state index is 12.0. The average molecular weight is 326 g/mol. The molecule has 2 fully saturated rings. The number of carbonyl (C=O) groups is 2. The first kappa shape index (κ1) is 17.8. The quantitative estimate of drug-likeness (QED) is 0.850. The molecule has 0 radical (unpaired) electrons. The zero-order chi connectivity index (χ0) is 16.8. The Morgan fingerprint density at radius 2 is 1.65 bits per heavy atom. The van der Waals surface area contributed by atoms with Gasteiger partial charge in [-0.1, -0.05) is 0 Å². The first-order valence-electron chi connectivity index (χ1n) is 8.72. The number of likely N-dealkylation sites (tertiary alicyclic amines) is 1. The van der Waals surface area contributed by atoms with E-state index in [9.17, 15) is 9.59 Å². The molecule has 0 atom stereocenters. The van der Waals surface area contributed by atoms with Crippen molar-refractivity contribution in [2.75, 3.05) is 45.9 Å². The molecule has 132 valence electrons. The largest absolute Gasteiger partial charge is 0.450 e. The number of hydrogen-bond donors (Lipinski definition) is 1. The molecule has 1 N–H and O–H groups in total. The van der Waals surface area contributed by atoms with E-state index >= 15 is 0 Å². The van der Waals surface area contributed by atoms with Crippen LogP contribution in [0.25, 0.3) is 0 Å². The maximum Gasteiger partial charge on any atom is 0.409 e. The molecule has 7 heteroatoms. The van der Waals surface area contributed by atoms with Crippen LogP contribution in [-0.4, -0.2) is 84.8 Å². The van der Waals surface area contributed by atoms with Crippen molar-refractivity contribution in [1.82, 2.24) is 20.0 Å². The number of rotatable bonds is 3. The highest BCUT2D eigenvalue weighted by Gasteiger charge is 2.30. The molecular weight excluding hydrogens is 296 g/mol. The number of carbonyl (C=O) groups excluding carboxylic acids is 2. The number of nitrogens with zero attached hydrogens (tertiary/aromatic N) is 3. The van der Waals surface area contributed by atoms with E-state index in [1.54, 1.807) is 4.90 Å². The molecule has 0 bridgehead atoms. The molecule has 7 nitrogen and oxygen atoms in total. The summed E-state index contributed by atoms with van der Waals surface area (Å²) in [5.41, 5.74) is 0. The van der Waals surface area contributed by atoms with Gasteiger partial charge in [0.05, 0.1) is 6.61 Å². The van der Waals surface area contributed by atoms with Gasteiger partial charge in [0.2, 0.25) is 0 Å². The predicted molar refractivity (Wildman–Crippen MR) is 88.4 cm³/mol. The molecule has 2 saturated heterocycles. The van der Waals surface area contributed by atoms with Gasteiger partial charge in [-0.05, 0) is 33.6 Å². The van der Waals surface area contributed by atoms with Gasteiger partial charge in [-0.2, -0.15) is 0 Å². The Morgan fingerprint density at radius 3 is 2.17 bits per heavy atom. The third kappa shape index (κ3) is 4.99. The molecule has 0 aliphatic carbocycles. The first-order valence-corrected chi connectivity index (χ1v) is 8.72. The van der Waals surface area contributed by atoms with Crippen LogP contribution >= 0.6 is 0 Å². The van der Waals surface area contributed by atoms with Crippen LogP contribution in [0.4, 0.5) is 9.59 Å². The molecule has 0 aromatic rings. The van der Waals surface area contributed by atoms with E-state index in [0.717, 1.165) is 52.1 Å². The van der Waals surface area contributed by atoms with E-state index in [1.807, 2.05) is 25.7 Å². The van der Waals surface area contributed by atoms with Crippen LogP contribution in [0.1, 0.15) is 33.6 Å². The Balaban J connectivity index is 1.72. The molecule has 0 aromatic carbocycles. The third-order valence-electron chi connectivity index (χ3n) is 4.52. The van der Waals surface area contributed by atoms with Crippen LogP contribution in [0.3, 0.4) is 0 Å². The van der Waals surface area contributed by atoms with Gasteiger partial charge < -0.3 is 19.9 Å². The van der Waals surface area contributed by atoms with Gasteiger partial charge in [0, 0.05) is 51.4 Å². The summed E-state index contributed by atoms with van der Waals surface area (Å²) in [6, 6.07) is 0.723. The molecule has 0 unspecified atom stereocenters. The van der Waals surface area contributed by atoms with Crippen molar-refractivity contribution < 1.29 is 14.3 Å². The summed E-state index contributed by atoms with van der Waals surface area (Å²) in [5.74, 6) is 0. The molecule has 0 saturated carbocycles. The summed E-state index contributed by atoms with van der Waals surface area (Å²) in [6.45, 7) is 11.1. The van der Waals surface area contributed by atoms with Crippen molar-refractivity contribution in [3.05, 3.63) is 0 Å². The summed E-state index contributed by atoms with van der Waals surface area (Å²) in [7, 11) is 0. The number of nitrogens with one attached hydrogen (secondary N) is 1. The van der Waals surface area contributed by atoms with Gasteiger partial charge in [0.25, 0.3) is 0 Å². The monoisotopic (exact) mass is 326 g/mol. The maximum absolute atomic E-state index is 12.0. The highest BCUT2D eigenvalue weighted by atomic mass is 16.6. The van der Waals surface area contributed by atoms with E-state index in [1.165, 1.54) is 0 Å². The fourth-order valence-corrected chi connectivity index (χ4v) is 3.26. The SMILES string of the molecule is CCOC(=O)N1CCC(N2CCN(C(=O)NC(C)C)CC2)CC1. The van der Waals surface area contributed by atoms with Gasteiger partial charge >= 0.3 is 12.1 Å². The number of piperidine rings is 1. The van der Waals surface area contributed by atoms with E-state index in [4.69, 9.17) is 4.74 Å². The highest BCUT2D eigenvalue weighted by molar-refractivity contribution is 5.74. The fourth-order valence-electron chi connectivity index (χ4n) is 3.26. The van der Waals surface area contributed by atoms with E-state index < -0.39 is 0 Å². The van der Waals surface area contributed by atoms with Crippen molar-refractivity contribution in [2.24, 2.45) is 0 Å². The number of piperazine rings is 1. The van der Waals surface area contributed by atoms with Crippen LogP contribution in [-0.2, 0) is 4.74 Å². The molecular formula is C16H30N4O3. The van der Waals surface area contributed by atoms with Gasteiger partial charge in [-0.15, -0.1) is 0 Å². The summed E-state index contributed by atoms with van der Waals surface area (Å²) in [4.78, 5) is 29.9. The van der Waals surface area contributed by atoms with E-state index in [0.29, 0.717) is 12.6 Å². The lowest BCUT2D eigenvalue weighted by molar-refractivity contribution is 0.0566. The second-order valence-electron chi connectivity index (χ2n) is 6.54. The summed E-state index contributed by atoms with van der Waals surface area (Å²) < 4.78 is 5.06. The molecule has 0 aromatic heterocycles. The predicted octanol–water partition coefficient (Wildman–Crippen LogP) is 1.34. The van der Waals surface area contributed by atoms with Gasteiger partial charge in [0.15, 0.2) is 0 Å². The molecule has 2 aliphatic heterocycles. The zero-order valence-electron chi connectivity index (χ0n) is 14.6. The molecule has 2 aliphatic rings. The number of ether oxygens (including phenoxy) is 1. The van der Waals surface area contributed by atoms with Gasteiger partial charge in [-0.3, -0.25) is 4.90 Å². The average Bonchev–Trinajstić information content (AvgIpc) is 2.55. The minimum absolute atomic E-state index is 0.0387. The number of hydrogen-bond acceptors (Lipinski definition) is 4. The van der Waals surface area contributed by atoms with E-state index in [-0.39, 0.29) is 18.2 Å². The number of amides is 3. The second-order valence-corrected chi connectivity index (χ2v) is 6.54. The van der Waals surface area contributed by atoms with E-state index in [2.05, 4.69) is 10.2 Å². The third-order valence-corrected chi connectivity index (χ3v) is 4.52. The Bertz CT molecular complexity index is 400. The first-order chi connectivity index (χ1) is 11.0. The van der Waals surface area contributed by atoms with Crippen LogP contribution in [0.2, 0.25) is 0 Å². The van der Waals surface area contributed by atoms with Crippen LogP contribution in [0.15, 0.2) is 0 Å².